The maximum absolute atomic E-state index is 12.2. The Morgan fingerprint density at radius 3 is 3.00 bits per heavy atom. The monoisotopic (exact) mass is 245 g/mol. The smallest absolute Gasteiger partial charge is 0.270 e. The first-order chi connectivity index (χ1) is 8.63. The summed E-state index contributed by atoms with van der Waals surface area (Å²) in [6.45, 7) is 1.02. The summed E-state index contributed by atoms with van der Waals surface area (Å²) in [6, 6.07) is 7.30. The van der Waals surface area contributed by atoms with Crippen molar-refractivity contribution in [1.29, 1.82) is 0 Å². The van der Waals surface area contributed by atoms with Gasteiger partial charge in [-0.2, -0.15) is 0 Å². The number of carbonyl (C=O) groups is 1. The molecule has 5 nitrogen and oxygen atoms in total. The highest BCUT2D eigenvalue weighted by atomic mass is 16.3. The molecule has 3 rings (SSSR count). The number of nitrogens with one attached hydrogen (secondary N) is 1. The number of anilines is 1. The van der Waals surface area contributed by atoms with Gasteiger partial charge in [0, 0.05) is 29.7 Å². The molecular weight excluding hydrogens is 230 g/mol. The number of aliphatic hydroxyl groups is 1. The lowest BCUT2D eigenvalue weighted by Gasteiger charge is -2.13. The van der Waals surface area contributed by atoms with Crippen LogP contribution in [-0.2, 0) is 0 Å². The fourth-order valence-electron chi connectivity index (χ4n) is 2.36. The van der Waals surface area contributed by atoms with E-state index in [0.29, 0.717) is 30.9 Å². The summed E-state index contributed by atoms with van der Waals surface area (Å²) in [5.41, 5.74) is 7.83. The Kier molecular flexibility index (Phi) is 2.48. The summed E-state index contributed by atoms with van der Waals surface area (Å²) < 4.78 is 0. The van der Waals surface area contributed by atoms with Crippen molar-refractivity contribution in [2.45, 2.75) is 12.5 Å². The summed E-state index contributed by atoms with van der Waals surface area (Å²) in [5, 5.41) is 10.4. The standard InChI is InChI=1S/C13H15N3O2/c14-9-1-2-11-8(5-9)6-12(15-11)13(18)16-4-3-10(17)7-16/h1-2,5-6,10,15,17H,3-4,7,14H2/t10-/m1/s1. The first kappa shape index (κ1) is 11.1. The van der Waals surface area contributed by atoms with Crippen LogP contribution < -0.4 is 5.73 Å². The van der Waals surface area contributed by atoms with Gasteiger partial charge in [-0.15, -0.1) is 0 Å². The number of aliphatic hydroxyl groups excluding tert-OH is 1. The number of hydrogen-bond donors (Lipinski definition) is 3. The molecule has 0 unspecified atom stereocenters. The summed E-state index contributed by atoms with van der Waals surface area (Å²) in [4.78, 5) is 17.0. The van der Waals surface area contributed by atoms with Crippen molar-refractivity contribution >= 4 is 22.5 Å². The average Bonchev–Trinajstić information content (AvgIpc) is 2.93. The molecule has 1 aromatic carbocycles. The molecule has 94 valence electrons. The SMILES string of the molecule is Nc1ccc2[nH]c(C(=O)N3CC[C@@H](O)C3)cc2c1. The average molecular weight is 245 g/mol. The van der Waals surface area contributed by atoms with Gasteiger partial charge in [0.05, 0.1) is 6.10 Å². The highest BCUT2D eigenvalue weighted by Gasteiger charge is 2.26. The lowest BCUT2D eigenvalue weighted by molar-refractivity contribution is 0.0760. The highest BCUT2D eigenvalue weighted by Crippen LogP contribution is 2.20. The summed E-state index contributed by atoms with van der Waals surface area (Å²) in [7, 11) is 0. The Hall–Kier alpha value is -2.01. The minimum Gasteiger partial charge on any atom is -0.399 e. The number of likely N-dealkylation sites (tertiary alicyclic amines) is 1. The normalized spacial score (nSPS) is 19.6. The van der Waals surface area contributed by atoms with Crippen molar-refractivity contribution in [2.24, 2.45) is 0 Å². The number of β-amino-alcohol motifs (C(OH)–C–C–N with tert-alkyl or cyclic N) is 1. The largest absolute Gasteiger partial charge is 0.399 e. The fourth-order valence-corrected chi connectivity index (χ4v) is 2.36. The number of aromatic amines is 1. The Labute approximate surface area is 104 Å². The minimum atomic E-state index is -0.394. The van der Waals surface area contributed by atoms with Crippen LogP contribution in [0, 0.1) is 0 Å². The van der Waals surface area contributed by atoms with Crippen LogP contribution in [0.4, 0.5) is 5.69 Å². The van der Waals surface area contributed by atoms with E-state index < -0.39 is 6.10 Å². The molecule has 4 N–H and O–H groups in total. The number of hydrogen-bond acceptors (Lipinski definition) is 3. The molecule has 0 saturated carbocycles. The zero-order valence-corrected chi connectivity index (χ0v) is 9.89. The van der Waals surface area contributed by atoms with Gasteiger partial charge in [-0.1, -0.05) is 0 Å². The van der Waals surface area contributed by atoms with Crippen molar-refractivity contribution in [1.82, 2.24) is 9.88 Å². The first-order valence-corrected chi connectivity index (χ1v) is 5.99. The summed E-state index contributed by atoms with van der Waals surface area (Å²) in [6.07, 6.45) is 0.257. The highest BCUT2D eigenvalue weighted by molar-refractivity contribution is 5.98. The molecule has 0 spiro atoms. The second-order valence-corrected chi connectivity index (χ2v) is 4.72. The summed E-state index contributed by atoms with van der Waals surface area (Å²) in [5.74, 6) is -0.0682. The van der Waals surface area contributed by atoms with Crippen molar-refractivity contribution in [3.63, 3.8) is 0 Å². The van der Waals surface area contributed by atoms with Crippen LogP contribution in [0.25, 0.3) is 10.9 Å². The molecule has 18 heavy (non-hydrogen) atoms. The van der Waals surface area contributed by atoms with Crippen molar-refractivity contribution < 1.29 is 9.90 Å². The summed E-state index contributed by atoms with van der Waals surface area (Å²) >= 11 is 0. The van der Waals surface area contributed by atoms with Gasteiger partial charge in [-0.05, 0) is 30.7 Å². The number of carbonyl (C=O) groups excluding carboxylic acids is 1. The van der Waals surface area contributed by atoms with E-state index in [-0.39, 0.29) is 5.91 Å². The molecule has 1 amide bonds. The third-order valence-corrected chi connectivity index (χ3v) is 3.33. The van der Waals surface area contributed by atoms with Crippen LogP contribution in [-0.4, -0.2) is 40.1 Å². The number of aromatic nitrogens is 1. The quantitative estimate of drug-likeness (QED) is 0.654. The number of nitrogen functional groups attached to an aromatic ring is 1. The molecule has 0 bridgehead atoms. The van der Waals surface area contributed by atoms with E-state index in [1.54, 1.807) is 17.0 Å². The Morgan fingerprint density at radius 1 is 1.44 bits per heavy atom. The molecule has 1 aliphatic rings. The van der Waals surface area contributed by atoms with Gasteiger partial charge in [0.2, 0.25) is 0 Å². The van der Waals surface area contributed by atoms with Crippen LogP contribution in [0.5, 0.6) is 0 Å². The van der Waals surface area contributed by atoms with Crippen LogP contribution in [0.3, 0.4) is 0 Å². The number of nitrogens with two attached hydrogens (primary N) is 1. The number of fused-ring (bicyclic) bond motifs is 1. The van der Waals surface area contributed by atoms with E-state index in [1.807, 2.05) is 12.1 Å². The molecule has 0 radical (unpaired) electrons. The van der Waals surface area contributed by atoms with E-state index >= 15 is 0 Å². The van der Waals surface area contributed by atoms with Gasteiger partial charge in [-0.3, -0.25) is 4.79 Å². The van der Waals surface area contributed by atoms with Crippen LogP contribution in [0.15, 0.2) is 24.3 Å². The second-order valence-electron chi connectivity index (χ2n) is 4.72. The predicted octanol–water partition coefficient (Wildman–Crippen LogP) is 0.957. The molecule has 1 saturated heterocycles. The molecule has 2 aromatic rings. The van der Waals surface area contributed by atoms with Crippen LogP contribution >= 0.6 is 0 Å². The van der Waals surface area contributed by atoms with Gasteiger partial charge in [-0.25, -0.2) is 0 Å². The Balaban J connectivity index is 1.92. The molecule has 1 atom stereocenters. The third kappa shape index (κ3) is 1.82. The topological polar surface area (TPSA) is 82.4 Å². The van der Waals surface area contributed by atoms with E-state index in [2.05, 4.69) is 4.98 Å². The van der Waals surface area contributed by atoms with Crippen molar-refractivity contribution in [2.75, 3.05) is 18.8 Å². The zero-order valence-electron chi connectivity index (χ0n) is 9.89. The maximum atomic E-state index is 12.2. The van der Waals surface area contributed by atoms with E-state index in [0.717, 1.165) is 10.9 Å². The van der Waals surface area contributed by atoms with Crippen molar-refractivity contribution in [3.8, 4) is 0 Å². The number of H-pyrrole nitrogens is 1. The van der Waals surface area contributed by atoms with Crippen molar-refractivity contribution in [3.05, 3.63) is 30.0 Å². The minimum absolute atomic E-state index is 0.0682. The molecule has 1 aromatic heterocycles. The predicted molar refractivity (Wildman–Crippen MR) is 69.2 cm³/mol. The second kappa shape index (κ2) is 4.03. The Bertz CT molecular complexity index is 605. The van der Waals surface area contributed by atoms with Gasteiger partial charge in [0.25, 0.3) is 5.91 Å². The number of rotatable bonds is 1. The third-order valence-electron chi connectivity index (χ3n) is 3.33. The Morgan fingerprint density at radius 2 is 2.28 bits per heavy atom. The van der Waals surface area contributed by atoms with Gasteiger partial charge < -0.3 is 20.7 Å². The number of benzene rings is 1. The lowest BCUT2D eigenvalue weighted by Crippen LogP contribution is -2.29. The van der Waals surface area contributed by atoms with Crippen LogP contribution in [0.2, 0.25) is 0 Å². The van der Waals surface area contributed by atoms with E-state index in [9.17, 15) is 9.90 Å². The van der Waals surface area contributed by atoms with Crippen LogP contribution in [0.1, 0.15) is 16.9 Å². The first-order valence-electron chi connectivity index (χ1n) is 5.99. The number of amides is 1. The number of nitrogens with zero attached hydrogens (tertiary/aromatic N) is 1. The molecule has 0 aliphatic carbocycles. The molecular formula is C13H15N3O2. The molecule has 2 heterocycles. The van der Waals surface area contributed by atoms with E-state index in [4.69, 9.17) is 5.73 Å². The van der Waals surface area contributed by atoms with Gasteiger partial charge >= 0.3 is 0 Å². The molecule has 1 aliphatic heterocycles. The molecule has 1 fully saturated rings. The zero-order chi connectivity index (χ0) is 12.7. The van der Waals surface area contributed by atoms with E-state index in [1.165, 1.54) is 0 Å². The van der Waals surface area contributed by atoms with Gasteiger partial charge in [0.15, 0.2) is 0 Å². The van der Waals surface area contributed by atoms with Gasteiger partial charge in [0.1, 0.15) is 5.69 Å². The fraction of sp³-hybridized carbons (Fsp3) is 0.308. The molecule has 5 heteroatoms. The maximum Gasteiger partial charge on any atom is 0.270 e. The lowest BCUT2D eigenvalue weighted by atomic mass is 10.2.